The molecule has 0 radical (unpaired) electrons. The fourth-order valence-corrected chi connectivity index (χ4v) is 4.08. The van der Waals surface area contributed by atoms with Gasteiger partial charge < -0.3 is 14.4 Å². The monoisotopic (exact) mass is 430 g/mol. The van der Waals surface area contributed by atoms with Crippen molar-refractivity contribution in [2.45, 2.75) is 89.4 Å². The summed E-state index contributed by atoms with van der Waals surface area (Å²) in [7, 11) is -3.92. The quantitative estimate of drug-likeness (QED) is 0.130. The van der Waals surface area contributed by atoms with Crippen LogP contribution in [0.5, 0.6) is 0 Å². The molecule has 166 valence electrons. The zero-order valence-electron chi connectivity index (χ0n) is 17.4. The molecule has 0 amide bonds. The molecule has 2 aliphatic rings. The van der Waals surface area contributed by atoms with Gasteiger partial charge in [-0.25, -0.2) is 4.57 Å². The first-order valence-corrected chi connectivity index (χ1v) is 12.3. The van der Waals surface area contributed by atoms with Gasteiger partial charge in [-0.2, -0.15) is 0 Å². The number of ether oxygens (including phenoxy) is 2. The standard InChI is InChI=1S/C21H35O7P/c1-2-3-10-13-19-20(27-19)14-11-8-6-4-5-7-9-12-15-21(22)25-16-18-17-26-29(23,24)28-18/h3,8,10-11,18-20H,2,4-7,9,12-17H2,1H3,(H,23,24)/b10-3-,11-8-. The Balaban J connectivity index is 1.34. The van der Waals surface area contributed by atoms with Gasteiger partial charge in [-0.05, 0) is 38.5 Å². The summed E-state index contributed by atoms with van der Waals surface area (Å²) in [6.45, 7) is 2.07. The van der Waals surface area contributed by atoms with Gasteiger partial charge in [-0.3, -0.25) is 13.8 Å². The predicted molar refractivity (Wildman–Crippen MR) is 110 cm³/mol. The smallest absolute Gasteiger partial charge is 0.463 e. The summed E-state index contributed by atoms with van der Waals surface area (Å²) >= 11 is 0. The zero-order chi connectivity index (χ0) is 21.0. The molecule has 0 spiro atoms. The molecule has 0 bridgehead atoms. The molecule has 8 heteroatoms. The van der Waals surface area contributed by atoms with E-state index in [0.29, 0.717) is 18.6 Å². The Labute approximate surface area is 174 Å². The molecular weight excluding hydrogens is 395 g/mol. The van der Waals surface area contributed by atoms with Crippen molar-refractivity contribution in [3.8, 4) is 0 Å². The maximum Gasteiger partial charge on any atom is 0.472 e. The van der Waals surface area contributed by atoms with E-state index >= 15 is 0 Å². The highest BCUT2D eigenvalue weighted by Gasteiger charge is 2.36. The summed E-state index contributed by atoms with van der Waals surface area (Å²) in [6, 6.07) is 0. The van der Waals surface area contributed by atoms with Gasteiger partial charge in [0.25, 0.3) is 0 Å². The molecule has 1 N–H and O–H groups in total. The summed E-state index contributed by atoms with van der Waals surface area (Å²) in [4.78, 5) is 20.7. The summed E-state index contributed by atoms with van der Waals surface area (Å²) in [6.07, 6.45) is 18.9. The molecule has 4 atom stereocenters. The van der Waals surface area contributed by atoms with Crippen LogP contribution >= 0.6 is 7.82 Å². The van der Waals surface area contributed by atoms with Crippen LogP contribution in [0.2, 0.25) is 0 Å². The molecule has 0 aromatic rings. The third-order valence-corrected chi connectivity index (χ3v) is 5.92. The lowest BCUT2D eigenvalue weighted by molar-refractivity contribution is -0.146. The van der Waals surface area contributed by atoms with Gasteiger partial charge in [-0.15, -0.1) is 0 Å². The Morgan fingerprint density at radius 1 is 1.07 bits per heavy atom. The number of esters is 1. The second kappa shape index (κ2) is 13.3. The van der Waals surface area contributed by atoms with E-state index < -0.39 is 13.9 Å². The number of allylic oxidation sites excluding steroid dienone is 2. The van der Waals surface area contributed by atoms with Crippen molar-refractivity contribution >= 4 is 13.8 Å². The molecule has 2 saturated heterocycles. The highest BCUT2D eigenvalue weighted by atomic mass is 31.2. The highest BCUT2D eigenvalue weighted by molar-refractivity contribution is 7.47. The Hall–Kier alpha value is -0.980. The maximum atomic E-state index is 11.7. The van der Waals surface area contributed by atoms with Crippen molar-refractivity contribution in [1.29, 1.82) is 0 Å². The van der Waals surface area contributed by atoms with Gasteiger partial charge in [0.2, 0.25) is 0 Å². The molecule has 0 aromatic heterocycles. The molecule has 4 unspecified atom stereocenters. The van der Waals surface area contributed by atoms with E-state index in [1.165, 1.54) is 0 Å². The lowest BCUT2D eigenvalue weighted by Gasteiger charge is -2.08. The first-order chi connectivity index (χ1) is 14.0. The van der Waals surface area contributed by atoms with Crippen LogP contribution in [0, 0.1) is 0 Å². The number of rotatable bonds is 15. The second-order valence-electron chi connectivity index (χ2n) is 7.52. The van der Waals surface area contributed by atoms with Crippen LogP contribution in [0.1, 0.15) is 71.1 Å². The van der Waals surface area contributed by atoms with E-state index in [4.69, 9.17) is 18.9 Å². The van der Waals surface area contributed by atoms with Crippen LogP contribution in [-0.2, 0) is 27.9 Å². The number of hydrogen-bond donors (Lipinski definition) is 1. The fraction of sp³-hybridized carbons (Fsp3) is 0.762. The summed E-state index contributed by atoms with van der Waals surface area (Å²) < 4.78 is 31.1. The first-order valence-electron chi connectivity index (χ1n) is 10.8. The van der Waals surface area contributed by atoms with Gasteiger partial charge in [0.15, 0.2) is 0 Å². The predicted octanol–water partition coefficient (Wildman–Crippen LogP) is 4.85. The number of hydrogen-bond acceptors (Lipinski definition) is 6. The van der Waals surface area contributed by atoms with E-state index in [1.807, 2.05) is 0 Å². The number of unbranched alkanes of at least 4 members (excludes halogenated alkanes) is 5. The lowest BCUT2D eigenvalue weighted by atomic mass is 10.1. The van der Waals surface area contributed by atoms with Crippen molar-refractivity contribution in [2.75, 3.05) is 13.2 Å². The van der Waals surface area contributed by atoms with Crippen LogP contribution in [0.25, 0.3) is 0 Å². The Kier molecular flexibility index (Phi) is 11.2. The molecule has 29 heavy (non-hydrogen) atoms. The molecule has 2 fully saturated rings. The molecule has 0 saturated carbocycles. The molecule has 7 nitrogen and oxygen atoms in total. The van der Waals surface area contributed by atoms with E-state index in [0.717, 1.165) is 57.8 Å². The van der Waals surface area contributed by atoms with Gasteiger partial charge >= 0.3 is 13.8 Å². The van der Waals surface area contributed by atoms with Crippen LogP contribution < -0.4 is 0 Å². The second-order valence-corrected chi connectivity index (χ2v) is 8.92. The molecule has 2 rings (SSSR count). The number of carbonyl (C=O) groups excluding carboxylic acids is 1. The fourth-order valence-electron chi connectivity index (χ4n) is 3.16. The Bertz CT molecular complexity index is 590. The van der Waals surface area contributed by atoms with Crippen LogP contribution in [0.3, 0.4) is 0 Å². The molecular formula is C21H35O7P. The summed E-state index contributed by atoms with van der Waals surface area (Å²) in [5.74, 6) is -0.304. The minimum Gasteiger partial charge on any atom is -0.463 e. The van der Waals surface area contributed by atoms with Crippen molar-refractivity contribution in [3.05, 3.63) is 24.3 Å². The molecule has 0 aliphatic carbocycles. The highest BCUT2D eigenvalue weighted by Crippen LogP contribution is 2.49. The van der Waals surface area contributed by atoms with Gasteiger partial charge in [0, 0.05) is 6.42 Å². The van der Waals surface area contributed by atoms with Gasteiger partial charge in [-0.1, -0.05) is 50.5 Å². The van der Waals surface area contributed by atoms with E-state index in [9.17, 15) is 9.36 Å². The van der Waals surface area contributed by atoms with Gasteiger partial charge in [0.1, 0.15) is 12.7 Å². The third kappa shape index (κ3) is 11.1. The Morgan fingerprint density at radius 3 is 2.45 bits per heavy atom. The largest absolute Gasteiger partial charge is 0.472 e. The molecule has 0 aromatic carbocycles. The number of phosphoric acid groups is 1. The zero-order valence-corrected chi connectivity index (χ0v) is 18.3. The van der Waals surface area contributed by atoms with Crippen molar-refractivity contribution in [3.63, 3.8) is 0 Å². The topological polar surface area (TPSA) is 94.6 Å². The van der Waals surface area contributed by atoms with Crippen molar-refractivity contribution in [1.82, 2.24) is 0 Å². The van der Waals surface area contributed by atoms with E-state index in [1.54, 1.807) is 0 Å². The lowest BCUT2D eigenvalue weighted by Crippen LogP contribution is -2.20. The van der Waals surface area contributed by atoms with Crippen LogP contribution in [0.4, 0.5) is 0 Å². The third-order valence-electron chi connectivity index (χ3n) is 4.88. The number of phosphoric ester groups is 1. The van der Waals surface area contributed by atoms with Crippen molar-refractivity contribution < 1.29 is 32.8 Å². The van der Waals surface area contributed by atoms with Crippen molar-refractivity contribution in [2.24, 2.45) is 0 Å². The summed E-state index contributed by atoms with van der Waals surface area (Å²) in [5.41, 5.74) is 0. The van der Waals surface area contributed by atoms with Crippen LogP contribution in [0.15, 0.2) is 24.3 Å². The normalized spacial score (nSPS) is 29.1. The minimum absolute atomic E-state index is 0.0277. The van der Waals surface area contributed by atoms with Crippen LogP contribution in [-0.4, -0.2) is 42.4 Å². The minimum atomic E-state index is -3.92. The Morgan fingerprint density at radius 2 is 1.76 bits per heavy atom. The average molecular weight is 430 g/mol. The van der Waals surface area contributed by atoms with E-state index in [2.05, 4.69) is 35.8 Å². The first kappa shape index (κ1) is 24.3. The number of carbonyl (C=O) groups is 1. The summed E-state index contributed by atoms with van der Waals surface area (Å²) in [5, 5.41) is 0. The maximum absolute atomic E-state index is 11.7. The molecule has 2 aliphatic heterocycles. The van der Waals surface area contributed by atoms with Gasteiger partial charge in [0.05, 0.1) is 18.8 Å². The average Bonchev–Trinajstić information content (AvgIpc) is 3.34. The van der Waals surface area contributed by atoms with E-state index in [-0.39, 0.29) is 19.2 Å². The molecule has 2 heterocycles. The number of epoxide rings is 1. The SMILES string of the molecule is CC/C=C\CC1OC1C/C=C\CCCCCCCC(=O)OCC1COP(=O)(O)O1.